The molecule has 1 heterocycles. The van der Waals surface area contributed by atoms with E-state index in [1.54, 1.807) is 13.0 Å². The molecule has 4 bridgehead atoms. The smallest absolute Gasteiger partial charge is 0.333 e. The highest BCUT2D eigenvalue weighted by Crippen LogP contribution is 2.70. The number of fused-ring (bicyclic) bond motifs is 1. The highest BCUT2D eigenvalue weighted by Gasteiger charge is 2.74. The Hall–Kier alpha value is -1.14. The third-order valence-corrected chi connectivity index (χ3v) is 8.40. The Morgan fingerprint density at radius 2 is 2.15 bits per heavy atom. The van der Waals surface area contributed by atoms with Gasteiger partial charge >= 0.3 is 11.9 Å². The van der Waals surface area contributed by atoms with Crippen molar-refractivity contribution in [2.75, 3.05) is 6.61 Å². The maximum Gasteiger partial charge on any atom is 0.333 e. The number of esters is 2. The predicted molar refractivity (Wildman–Crippen MR) is 101 cm³/mol. The van der Waals surface area contributed by atoms with Crippen LogP contribution >= 0.6 is 0 Å². The van der Waals surface area contributed by atoms with Crippen molar-refractivity contribution in [1.29, 1.82) is 0 Å². The van der Waals surface area contributed by atoms with E-state index < -0.39 is 19.6 Å². The molecule has 1 saturated heterocycles. The van der Waals surface area contributed by atoms with Crippen LogP contribution in [0.3, 0.4) is 0 Å². The number of rotatable bonds is 7. The molecule has 146 valence electrons. The van der Waals surface area contributed by atoms with E-state index in [0.717, 1.165) is 25.3 Å². The molecule has 0 unspecified atom stereocenters. The zero-order valence-electron chi connectivity index (χ0n) is 16.6. The van der Waals surface area contributed by atoms with E-state index in [1.165, 1.54) is 0 Å². The Kier molecular flexibility index (Phi) is 4.89. The lowest BCUT2D eigenvalue weighted by Crippen LogP contribution is -2.59. The van der Waals surface area contributed by atoms with Crippen LogP contribution in [-0.4, -0.2) is 43.4 Å². The highest BCUT2D eigenvalue weighted by molar-refractivity contribution is 6.76. The van der Waals surface area contributed by atoms with Gasteiger partial charge in [0.15, 0.2) is 0 Å². The summed E-state index contributed by atoms with van der Waals surface area (Å²) in [5, 5.41) is 10.5. The molecule has 0 radical (unpaired) electrons. The zero-order valence-corrected chi connectivity index (χ0v) is 17.6. The van der Waals surface area contributed by atoms with Crippen LogP contribution in [0.1, 0.15) is 39.5 Å². The van der Waals surface area contributed by atoms with Crippen LogP contribution in [-0.2, 0) is 19.1 Å². The van der Waals surface area contributed by atoms with Crippen LogP contribution in [0.2, 0.25) is 25.7 Å². The molecule has 5 nitrogen and oxygen atoms in total. The van der Waals surface area contributed by atoms with Crippen LogP contribution in [0.15, 0.2) is 11.6 Å². The minimum absolute atomic E-state index is 0.151. The normalized spacial score (nSPS) is 37.0. The summed E-state index contributed by atoms with van der Waals surface area (Å²) < 4.78 is 11.0. The molecule has 3 saturated carbocycles. The van der Waals surface area contributed by atoms with Gasteiger partial charge in [0.25, 0.3) is 0 Å². The first-order valence-electron chi connectivity index (χ1n) is 9.75. The first-order chi connectivity index (χ1) is 12.0. The molecule has 5 atom stereocenters. The summed E-state index contributed by atoms with van der Waals surface area (Å²) in [6, 6.07) is 0.922. The summed E-state index contributed by atoms with van der Waals surface area (Å²) in [4.78, 5) is 24.7. The maximum absolute atomic E-state index is 12.6. The van der Waals surface area contributed by atoms with Gasteiger partial charge in [-0.15, -0.1) is 0 Å². The van der Waals surface area contributed by atoms with Crippen molar-refractivity contribution >= 4 is 20.0 Å². The number of ether oxygens (including phenoxy) is 2. The van der Waals surface area contributed by atoms with Crippen molar-refractivity contribution in [2.24, 2.45) is 17.3 Å². The number of aliphatic hydroxyl groups excluding tert-OH is 1. The van der Waals surface area contributed by atoms with E-state index in [-0.39, 0.29) is 23.5 Å². The fraction of sp³-hybridized carbons (Fsp3) is 0.800. The number of hydrogen-bond acceptors (Lipinski definition) is 5. The molecule has 26 heavy (non-hydrogen) atoms. The summed E-state index contributed by atoms with van der Waals surface area (Å²) in [6.07, 6.45) is 3.96. The quantitative estimate of drug-likeness (QED) is 0.417. The summed E-state index contributed by atoms with van der Waals surface area (Å²) in [5.41, 5.74) is -0.506. The standard InChI is InChI=1S/C20H32O5Si/c1-13(17(22)24-8-9-26(3,4)5)10-15(21)12-20-14-6-7-19(2,16(20)11-14)25-18(20)23/h10,14-16,21H,6-9,11-12H2,1-5H3/b13-10+/t14-,15-,16-,19+,20+/m0/s1. The molecule has 0 spiro atoms. The van der Waals surface area contributed by atoms with Gasteiger partial charge in [-0.25, -0.2) is 4.79 Å². The van der Waals surface area contributed by atoms with Gasteiger partial charge in [0, 0.05) is 19.6 Å². The van der Waals surface area contributed by atoms with Gasteiger partial charge in [0.1, 0.15) is 5.60 Å². The topological polar surface area (TPSA) is 72.8 Å². The maximum atomic E-state index is 12.6. The van der Waals surface area contributed by atoms with Crippen molar-refractivity contribution in [2.45, 2.75) is 76.9 Å². The Balaban J connectivity index is 1.60. The lowest BCUT2D eigenvalue weighted by molar-refractivity contribution is -0.157. The Morgan fingerprint density at radius 1 is 1.46 bits per heavy atom. The van der Waals surface area contributed by atoms with Crippen molar-refractivity contribution < 1.29 is 24.2 Å². The van der Waals surface area contributed by atoms with Crippen molar-refractivity contribution in [3.8, 4) is 0 Å². The Bertz CT molecular complexity index is 635. The van der Waals surface area contributed by atoms with E-state index in [4.69, 9.17) is 9.47 Å². The predicted octanol–water partition coefficient (Wildman–Crippen LogP) is 3.30. The number of carbonyl (C=O) groups excluding carboxylic acids is 2. The molecule has 1 aliphatic heterocycles. The van der Waals surface area contributed by atoms with Crippen LogP contribution in [0.4, 0.5) is 0 Å². The molecule has 4 fully saturated rings. The molecular formula is C20H32O5Si. The first kappa shape index (κ1) is 19.6. The average Bonchev–Trinajstić information content (AvgIpc) is 2.59. The van der Waals surface area contributed by atoms with Gasteiger partial charge in [-0.2, -0.15) is 0 Å². The number of carbonyl (C=O) groups is 2. The molecule has 4 rings (SSSR count). The minimum atomic E-state index is -1.25. The molecule has 0 aromatic heterocycles. The average molecular weight is 381 g/mol. The molecule has 0 amide bonds. The van der Waals surface area contributed by atoms with E-state index in [1.807, 2.05) is 6.92 Å². The van der Waals surface area contributed by atoms with E-state index in [0.29, 0.717) is 24.5 Å². The summed E-state index contributed by atoms with van der Waals surface area (Å²) in [6.45, 7) is 10.8. The second-order valence-corrected chi connectivity index (χ2v) is 15.5. The van der Waals surface area contributed by atoms with Crippen molar-refractivity contribution in [3.05, 3.63) is 11.6 Å². The third-order valence-electron chi connectivity index (χ3n) is 6.70. The molecule has 4 aliphatic rings. The lowest BCUT2D eigenvalue weighted by Gasteiger charge is -2.57. The Morgan fingerprint density at radius 3 is 2.77 bits per heavy atom. The molecule has 0 aromatic carbocycles. The van der Waals surface area contributed by atoms with Crippen molar-refractivity contribution in [1.82, 2.24) is 0 Å². The fourth-order valence-corrected chi connectivity index (χ4v) is 5.80. The van der Waals surface area contributed by atoms with Crippen LogP contribution in [0.25, 0.3) is 0 Å². The van der Waals surface area contributed by atoms with Crippen LogP contribution in [0, 0.1) is 17.3 Å². The van der Waals surface area contributed by atoms with Crippen LogP contribution < -0.4 is 0 Å². The summed E-state index contributed by atoms with van der Waals surface area (Å²) >= 11 is 0. The molecule has 6 heteroatoms. The third kappa shape index (κ3) is 3.26. The van der Waals surface area contributed by atoms with Gasteiger partial charge in [0.05, 0.1) is 18.1 Å². The monoisotopic (exact) mass is 380 g/mol. The van der Waals surface area contributed by atoms with Gasteiger partial charge in [-0.1, -0.05) is 19.6 Å². The molecule has 0 aromatic rings. The largest absolute Gasteiger partial charge is 0.463 e. The number of aliphatic hydroxyl groups is 1. The highest BCUT2D eigenvalue weighted by atomic mass is 28.3. The minimum Gasteiger partial charge on any atom is -0.463 e. The van der Waals surface area contributed by atoms with Crippen LogP contribution in [0.5, 0.6) is 0 Å². The second-order valence-electron chi connectivity index (χ2n) is 9.83. The fourth-order valence-electron chi connectivity index (χ4n) is 5.09. The summed E-state index contributed by atoms with van der Waals surface area (Å²) in [7, 11) is -1.25. The Labute approximate surface area is 157 Å². The van der Waals surface area contributed by atoms with E-state index >= 15 is 0 Å². The number of hydrogen-bond donors (Lipinski definition) is 1. The SMILES string of the molecule is C/C(=C\[C@H](O)C[C@@]12C(=O)O[C@]3(C)CC[C@H]1C[C@H]23)C(=O)OCC[Si](C)(C)C. The molecular weight excluding hydrogens is 348 g/mol. The van der Waals surface area contributed by atoms with Gasteiger partial charge < -0.3 is 14.6 Å². The van der Waals surface area contributed by atoms with Gasteiger partial charge in [0.2, 0.25) is 0 Å². The van der Waals surface area contributed by atoms with Gasteiger partial charge in [-0.05, 0) is 57.6 Å². The summed E-state index contributed by atoms with van der Waals surface area (Å²) in [5.74, 6) is -0.0232. The second kappa shape index (κ2) is 6.48. The lowest BCUT2D eigenvalue weighted by atomic mass is 9.43. The first-order valence-corrected chi connectivity index (χ1v) is 13.5. The van der Waals surface area contributed by atoms with E-state index in [2.05, 4.69) is 19.6 Å². The van der Waals surface area contributed by atoms with Crippen molar-refractivity contribution in [3.63, 3.8) is 0 Å². The molecule has 3 aliphatic carbocycles. The molecule has 1 N–H and O–H groups in total. The zero-order chi connectivity index (χ0) is 19.3. The van der Waals surface area contributed by atoms with E-state index in [9.17, 15) is 14.7 Å². The van der Waals surface area contributed by atoms with Gasteiger partial charge in [-0.3, -0.25) is 4.79 Å².